The van der Waals surface area contributed by atoms with E-state index in [0.29, 0.717) is 0 Å². The van der Waals surface area contributed by atoms with Crippen molar-refractivity contribution in [3.8, 4) is 0 Å². The van der Waals surface area contributed by atoms with Crippen LogP contribution in [0, 0.1) is 11.6 Å². The number of nitrogens with zero attached hydrogens (tertiary/aromatic N) is 1. The lowest BCUT2D eigenvalue weighted by atomic mass is 10.1. The minimum Gasteiger partial charge on any atom is -0.377 e. The summed E-state index contributed by atoms with van der Waals surface area (Å²) in [5, 5.41) is 4.24. The van der Waals surface area contributed by atoms with E-state index >= 15 is 0 Å². The lowest BCUT2D eigenvalue weighted by Gasteiger charge is -2.18. The number of anilines is 2. The quantitative estimate of drug-likeness (QED) is 0.491. The second-order valence-electron chi connectivity index (χ2n) is 5.75. The van der Waals surface area contributed by atoms with Gasteiger partial charge in [0.2, 0.25) is 0 Å². The second kappa shape index (κ2) is 8.20. The molecule has 1 aromatic heterocycles. The molecule has 1 atom stereocenters. The summed E-state index contributed by atoms with van der Waals surface area (Å²) in [6.45, 7) is 1.64. The average Bonchev–Trinajstić information content (AvgIpc) is 3.12. The van der Waals surface area contributed by atoms with Crippen LogP contribution in [0.15, 0.2) is 46.1 Å². The number of benzene rings is 2. The van der Waals surface area contributed by atoms with Gasteiger partial charge in [-0.1, -0.05) is 35.3 Å². The van der Waals surface area contributed by atoms with Gasteiger partial charge in [0.05, 0.1) is 27.3 Å². The van der Waals surface area contributed by atoms with Crippen LogP contribution in [0.3, 0.4) is 0 Å². The van der Waals surface area contributed by atoms with E-state index < -0.39 is 32.6 Å². The standard InChI is InChI=1S/C17H13Cl2F2N3O2S2/c1-9(10-3-2-4-11(18)17(10)21)23-14-6-13(20)15(5-12(14)19)28(25,26)24-16-7-27-8-22-16/h2-9,23-24H,1H3. The number of thiazole rings is 1. The zero-order valence-electron chi connectivity index (χ0n) is 14.2. The lowest BCUT2D eigenvalue weighted by molar-refractivity contribution is 0.570. The molecular formula is C17H13Cl2F2N3O2S2. The van der Waals surface area contributed by atoms with Gasteiger partial charge in [-0.25, -0.2) is 22.2 Å². The van der Waals surface area contributed by atoms with E-state index in [-0.39, 0.29) is 27.1 Å². The molecule has 0 amide bonds. The molecule has 0 radical (unpaired) electrons. The summed E-state index contributed by atoms with van der Waals surface area (Å²) < 4.78 is 55.6. The third kappa shape index (κ3) is 4.38. The molecule has 28 heavy (non-hydrogen) atoms. The van der Waals surface area contributed by atoms with Gasteiger partial charge in [0.15, 0.2) is 5.82 Å². The molecule has 0 saturated carbocycles. The fraction of sp³-hybridized carbons (Fsp3) is 0.118. The third-order valence-corrected chi connectivity index (χ3v) is 6.36. The predicted molar refractivity (Wildman–Crippen MR) is 108 cm³/mol. The highest BCUT2D eigenvalue weighted by molar-refractivity contribution is 7.92. The van der Waals surface area contributed by atoms with E-state index in [9.17, 15) is 17.2 Å². The van der Waals surface area contributed by atoms with Gasteiger partial charge >= 0.3 is 0 Å². The zero-order chi connectivity index (χ0) is 20.5. The second-order valence-corrected chi connectivity index (χ2v) is 8.93. The number of halogens is 4. The Labute approximate surface area is 174 Å². The minimum absolute atomic E-state index is 0.0435. The van der Waals surface area contributed by atoms with Crippen molar-refractivity contribution < 1.29 is 17.2 Å². The predicted octanol–water partition coefficient (Wildman–Crippen LogP) is 5.70. The molecule has 5 nitrogen and oxygen atoms in total. The summed E-state index contributed by atoms with van der Waals surface area (Å²) in [6, 6.07) is 5.84. The van der Waals surface area contributed by atoms with Crippen molar-refractivity contribution in [1.29, 1.82) is 0 Å². The smallest absolute Gasteiger partial charge is 0.266 e. The summed E-state index contributed by atoms with van der Waals surface area (Å²) in [7, 11) is -4.22. The van der Waals surface area contributed by atoms with Crippen LogP contribution in [0.25, 0.3) is 0 Å². The van der Waals surface area contributed by atoms with Crippen LogP contribution in [0.4, 0.5) is 20.3 Å². The van der Waals surface area contributed by atoms with Crippen molar-refractivity contribution in [2.45, 2.75) is 17.9 Å². The van der Waals surface area contributed by atoms with Crippen LogP contribution in [-0.2, 0) is 10.0 Å². The number of aromatic nitrogens is 1. The molecule has 0 aliphatic rings. The highest BCUT2D eigenvalue weighted by Crippen LogP contribution is 2.33. The van der Waals surface area contributed by atoms with Crippen molar-refractivity contribution in [2.75, 3.05) is 10.0 Å². The number of hydrogen-bond acceptors (Lipinski definition) is 5. The molecule has 1 heterocycles. The fourth-order valence-corrected chi connectivity index (χ4v) is 4.58. The van der Waals surface area contributed by atoms with Crippen LogP contribution in [0.5, 0.6) is 0 Å². The normalized spacial score (nSPS) is 12.6. The summed E-state index contributed by atoms with van der Waals surface area (Å²) in [4.78, 5) is 3.17. The van der Waals surface area contributed by atoms with Crippen LogP contribution < -0.4 is 10.0 Å². The van der Waals surface area contributed by atoms with Crippen molar-refractivity contribution in [2.24, 2.45) is 0 Å². The molecule has 3 aromatic rings. The fourth-order valence-electron chi connectivity index (χ4n) is 2.47. The molecule has 148 valence electrons. The van der Waals surface area contributed by atoms with Crippen molar-refractivity contribution in [3.63, 3.8) is 0 Å². The van der Waals surface area contributed by atoms with Crippen molar-refractivity contribution in [3.05, 3.63) is 68.5 Å². The van der Waals surface area contributed by atoms with Crippen LogP contribution in [-0.4, -0.2) is 13.4 Å². The summed E-state index contributed by atoms with van der Waals surface area (Å²) in [6.07, 6.45) is 0. The molecular weight excluding hydrogens is 451 g/mol. The number of rotatable bonds is 6. The van der Waals surface area contributed by atoms with Gasteiger partial charge in [-0.3, -0.25) is 4.72 Å². The van der Waals surface area contributed by atoms with Gasteiger partial charge in [-0.05, 0) is 25.1 Å². The van der Waals surface area contributed by atoms with E-state index in [2.05, 4.69) is 15.0 Å². The number of sulfonamides is 1. The highest BCUT2D eigenvalue weighted by Gasteiger charge is 2.23. The molecule has 3 rings (SSSR count). The Kier molecular flexibility index (Phi) is 6.09. The average molecular weight is 464 g/mol. The van der Waals surface area contributed by atoms with Gasteiger partial charge in [-0.2, -0.15) is 0 Å². The Bertz CT molecular complexity index is 1110. The van der Waals surface area contributed by atoms with E-state index in [1.807, 2.05) is 0 Å². The Hall–Kier alpha value is -1.94. The first-order chi connectivity index (χ1) is 13.2. The molecule has 2 aromatic carbocycles. The van der Waals surface area contributed by atoms with Gasteiger partial charge in [0.1, 0.15) is 16.5 Å². The Morgan fingerprint density at radius 1 is 1.18 bits per heavy atom. The van der Waals surface area contributed by atoms with E-state index in [0.717, 1.165) is 12.1 Å². The summed E-state index contributed by atoms with van der Waals surface area (Å²) in [5.74, 6) is -1.55. The third-order valence-electron chi connectivity index (χ3n) is 3.80. The van der Waals surface area contributed by atoms with E-state index in [1.165, 1.54) is 34.4 Å². The Morgan fingerprint density at radius 2 is 1.93 bits per heavy atom. The molecule has 0 aliphatic heterocycles. The van der Waals surface area contributed by atoms with Crippen LogP contribution in [0.1, 0.15) is 18.5 Å². The molecule has 11 heteroatoms. The highest BCUT2D eigenvalue weighted by atomic mass is 35.5. The lowest BCUT2D eigenvalue weighted by Crippen LogP contribution is -2.16. The molecule has 0 bridgehead atoms. The summed E-state index contributed by atoms with van der Waals surface area (Å²) >= 11 is 13.1. The van der Waals surface area contributed by atoms with Crippen molar-refractivity contribution in [1.82, 2.24) is 4.98 Å². The summed E-state index contributed by atoms with van der Waals surface area (Å²) in [5.41, 5.74) is 1.80. The van der Waals surface area contributed by atoms with E-state index in [4.69, 9.17) is 23.2 Å². The van der Waals surface area contributed by atoms with E-state index in [1.54, 1.807) is 13.0 Å². The molecule has 2 N–H and O–H groups in total. The zero-order valence-corrected chi connectivity index (χ0v) is 17.4. The first-order valence-corrected chi connectivity index (χ1v) is 11.0. The van der Waals surface area contributed by atoms with Crippen LogP contribution >= 0.6 is 34.5 Å². The minimum atomic E-state index is -4.22. The first kappa shape index (κ1) is 20.8. The molecule has 0 spiro atoms. The maximum atomic E-state index is 14.5. The number of nitrogens with one attached hydrogen (secondary N) is 2. The van der Waals surface area contributed by atoms with Crippen molar-refractivity contribution >= 4 is 56.1 Å². The largest absolute Gasteiger partial charge is 0.377 e. The molecule has 0 saturated heterocycles. The molecule has 0 aliphatic carbocycles. The SMILES string of the molecule is CC(Nc1cc(F)c(S(=O)(=O)Nc2cscn2)cc1Cl)c1cccc(Cl)c1F. The number of hydrogen-bond donors (Lipinski definition) is 2. The monoisotopic (exact) mass is 463 g/mol. The van der Waals surface area contributed by atoms with Gasteiger partial charge in [0, 0.05) is 10.9 Å². The van der Waals surface area contributed by atoms with Crippen LogP contribution in [0.2, 0.25) is 10.0 Å². The van der Waals surface area contributed by atoms with Gasteiger partial charge in [0.25, 0.3) is 10.0 Å². The topological polar surface area (TPSA) is 71.1 Å². The molecule has 1 unspecified atom stereocenters. The molecule has 0 fully saturated rings. The Morgan fingerprint density at radius 3 is 2.61 bits per heavy atom. The maximum Gasteiger partial charge on any atom is 0.266 e. The first-order valence-electron chi connectivity index (χ1n) is 7.79. The van der Waals surface area contributed by atoms with Gasteiger partial charge in [-0.15, -0.1) is 11.3 Å². The van der Waals surface area contributed by atoms with Gasteiger partial charge < -0.3 is 5.32 Å². The maximum absolute atomic E-state index is 14.5. The Balaban J connectivity index is 1.88.